The van der Waals surface area contributed by atoms with E-state index in [1.807, 2.05) is 12.1 Å². The van der Waals surface area contributed by atoms with Gasteiger partial charge in [0.1, 0.15) is 0 Å². The lowest BCUT2D eigenvalue weighted by Crippen LogP contribution is -2.15. The molecule has 1 heterocycles. The van der Waals surface area contributed by atoms with Crippen LogP contribution in [0.25, 0.3) is 10.9 Å². The molecule has 3 rings (SSSR count). The Kier molecular flexibility index (Phi) is 4.89. The molecule has 1 amide bonds. The van der Waals surface area contributed by atoms with E-state index in [0.29, 0.717) is 16.2 Å². The topological polar surface area (TPSA) is 88.0 Å². The molecule has 1 aromatic heterocycles. The summed E-state index contributed by atoms with van der Waals surface area (Å²) in [7, 11) is 0. The number of hydrogen-bond donors (Lipinski definition) is 3. The van der Waals surface area contributed by atoms with Gasteiger partial charge in [0, 0.05) is 27.1 Å². The van der Waals surface area contributed by atoms with Crippen LogP contribution in [0.3, 0.4) is 0 Å². The smallest absolute Gasteiger partial charge is 0.248 e. The highest BCUT2D eigenvalue weighted by Crippen LogP contribution is 2.27. The van der Waals surface area contributed by atoms with Crippen LogP contribution in [0, 0.1) is 0 Å². The molecule has 7 heteroatoms. The largest absolute Gasteiger partial charge is 0.326 e. The number of hydrogen-bond acceptors (Lipinski definition) is 4. The minimum absolute atomic E-state index is 0.161. The van der Waals surface area contributed by atoms with E-state index < -0.39 is 0 Å². The molecule has 2 aromatic carbocycles. The molecule has 0 bridgehead atoms. The predicted molar refractivity (Wildman–Crippen MR) is 98.4 cm³/mol. The van der Waals surface area contributed by atoms with E-state index in [1.165, 1.54) is 6.07 Å². The average molecular weight is 360 g/mol. The summed E-state index contributed by atoms with van der Waals surface area (Å²) in [5, 5.41) is 9.88. The molecule has 0 saturated carbocycles. The zero-order valence-corrected chi connectivity index (χ0v) is 14.1. The molecule has 0 atom stereocenters. The van der Waals surface area contributed by atoms with E-state index >= 15 is 0 Å². The van der Waals surface area contributed by atoms with Gasteiger partial charge in [-0.3, -0.25) is 14.7 Å². The summed E-state index contributed by atoms with van der Waals surface area (Å²) in [6.45, 7) is 0. The van der Waals surface area contributed by atoms with Gasteiger partial charge in [-0.1, -0.05) is 29.8 Å². The predicted octanol–water partition coefficient (Wildman–Crippen LogP) is 3.33. The Bertz CT molecular complexity index is 971. The first-order valence-corrected chi connectivity index (χ1v) is 8.39. The third-order valence-electron chi connectivity index (χ3n) is 3.52. The standard InChI is InChI=1S/C17H14ClN3O2S/c18-13-4-2-1-3-10(13)7-17(23)20-11-8-14-12(15(9-11)24-19)5-6-16(22)21-14/h1-6,8-9H,7,19H2,(H,20,23)(H,21,22). The van der Waals surface area contributed by atoms with Crippen molar-refractivity contribution in [3.63, 3.8) is 0 Å². The van der Waals surface area contributed by atoms with Crippen LogP contribution in [0.4, 0.5) is 5.69 Å². The molecule has 0 spiro atoms. The number of halogens is 1. The number of benzene rings is 2. The molecule has 122 valence electrons. The zero-order valence-electron chi connectivity index (χ0n) is 12.5. The van der Waals surface area contributed by atoms with Gasteiger partial charge in [-0.25, -0.2) is 0 Å². The second-order valence-electron chi connectivity index (χ2n) is 5.19. The monoisotopic (exact) mass is 359 g/mol. The lowest BCUT2D eigenvalue weighted by Gasteiger charge is -2.10. The van der Waals surface area contributed by atoms with Gasteiger partial charge in [0.25, 0.3) is 0 Å². The van der Waals surface area contributed by atoms with Gasteiger partial charge in [0.2, 0.25) is 11.5 Å². The fourth-order valence-electron chi connectivity index (χ4n) is 2.42. The van der Waals surface area contributed by atoms with E-state index in [9.17, 15) is 9.59 Å². The number of carbonyl (C=O) groups is 1. The van der Waals surface area contributed by atoms with Crippen molar-refractivity contribution in [3.05, 3.63) is 69.5 Å². The average Bonchev–Trinajstić information content (AvgIpc) is 2.55. The fourth-order valence-corrected chi connectivity index (χ4v) is 3.13. The molecule has 0 radical (unpaired) electrons. The van der Waals surface area contributed by atoms with Crippen LogP contribution in [0.2, 0.25) is 5.02 Å². The minimum atomic E-state index is -0.213. The SMILES string of the molecule is NSc1cc(NC(=O)Cc2ccccc2Cl)cc2[nH]c(=O)ccc12. The first kappa shape index (κ1) is 16.6. The van der Waals surface area contributed by atoms with Gasteiger partial charge < -0.3 is 10.3 Å². The summed E-state index contributed by atoms with van der Waals surface area (Å²) in [5.41, 5.74) is 1.72. The van der Waals surface area contributed by atoms with Crippen LogP contribution in [0.15, 0.2) is 58.2 Å². The number of anilines is 1. The van der Waals surface area contributed by atoms with Crippen LogP contribution >= 0.6 is 23.5 Å². The van der Waals surface area contributed by atoms with Crippen LogP contribution in [0.5, 0.6) is 0 Å². The second-order valence-corrected chi connectivity index (χ2v) is 6.28. The van der Waals surface area contributed by atoms with E-state index in [0.717, 1.165) is 27.8 Å². The van der Waals surface area contributed by atoms with Crippen LogP contribution in [-0.4, -0.2) is 10.9 Å². The lowest BCUT2D eigenvalue weighted by atomic mass is 10.1. The van der Waals surface area contributed by atoms with Crippen molar-refractivity contribution >= 4 is 46.0 Å². The van der Waals surface area contributed by atoms with E-state index in [2.05, 4.69) is 10.3 Å². The van der Waals surface area contributed by atoms with E-state index in [1.54, 1.807) is 30.3 Å². The highest BCUT2D eigenvalue weighted by atomic mass is 35.5. The van der Waals surface area contributed by atoms with Crippen molar-refractivity contribution in [1.82, 2.24) is 4.98 Å². The fraction of sp³-hybridized carbons (Fsp3) is 0.0588. The van der Waals surface area contributed by atoms with Crippen LogP contribution < -0.4 is 16.0 Å². The first-order valence-electron chi connectivity index (χ1n) is 7.14. The maximum atomic E-state index is 12.3. The number of nitrogens with one attached hydrogen (secondary N) is 2. The normalized spacial score (nSPS) is 10.8. The number of rotatable bonds is 4. The number of carbonyl (C=O) groups excluding carboxylic acids is 1. The number of pyridine rings is 1. The molecule has 0 saturated heterocycles. The van der Waals surface area contributed by atoms with Gasteiger partial charge in [0.15, 0.2) is 0 Å². The van der Waals surface area contributed by atoms with Crippen molar-refractivity contribution in [2.45, 2.75) is 11.3 Å². The van der Waals surface area contributed by atoms with Crippen molar-refractivity contribution in [2.75, 3.05) is 5.32 Å². The number of aromatic amines is 1. The first-order chi connectivity index (χ1) is 11.6. The minimum Gasteiger partial charge on any atom is -0.326 e. The summed E-state index contributed by atoms with van der Waals surface area (Å²) < 4.78 is 0. The number of aromatic nitrogens is 1. The van der Waals surface area contributed by atoms with Gasteiger partial charge in [-0.05, 0) is 41.8 Å². The Morgan fingerprint density at radius 1 is 1.21 bits per heavy atom. The summed E-state index contributed by atoms with van der Waals surface area (Å²) >= 11 is 7.13. The Morgan fingerprint density at radius 3 is 2.75 bits per heavy atom. The third kappa shape index (κ3) is 3.62. The summed E-state index contributed by atoms with van der Waals surface area (Å²) in [4.78, 5) is 27.3. The van der Waals surface area contributed by atoms with E-state index in [-0.39, 0.29) is 17.9 Å². The van der Waals surface area contributed by atoms with Crippen LogP contribution in [-0.2, 0) is 11.2 Å². The Hall–Kier alpha value is -2.28. The summed E-state index contributed by atoms with van der Waals surface area (Å²) in [6.07, 6.45) is 0.161. The van der Waals surface area contributed by atoms with Crippen molar-refractivity contribution in [1.29, 1.82) is 0 Å². The second kappa shape index (κ2) is 7.09. The molecular formula is C17H14ClN3O2S. The zero-order chi connectivity index (χ0) is 17.1. The molecule has 0 aliphatic rings. The Morgan fingerprint density at radius 2 is 2.00 bits per heavy atom. The van der Waals surface area contributed by atoms with Crippen molar-refractivity contribution in [2.24, 2.45) is 5.14 Å². The van der Waals surface area contributed by atoms with E-state index in [4.69, 9.17) is 16.7 Å². The van der Waals surface area contributed by atoms with Gasteiger partial charge in [-0.2, -0.15) is 0 Å². The highest BCUT2D eigenvalue weighted by Gasteiger charge is 2.10. The molecule has 4 N–H and O–H groups in total. The molecule has 0 unspecified atom stereocenters. The molecular weight excluding hydrogens is 346 g/mol. The van der Waals surface area contributed by atoms with Crippen molar-refractivity contribution < 1.29 is 4.79 Å². The quantitative estimate of drug-likeness (QED) is 0.623. The number of amides is 1. The Balaban J connectivity index is 1.88. The highest BCUT2D eigenvalue weighted by molar-refractivity contribution is 7.97. The molecule has 0 aliphatic carbocycles. The van der Waals surface area contributed by atoms with Crippen LogP contribution in [0.1, 0.15) is 5.56 Å². The molecule has 0 fully saturated rings. The third-order valence-corrected chi connectivity index (χ3v) is 4.48. The van der Waals surface area contributed by atoms with Gasteiger partial charge in [-0.15, -0.1) is 0 Å². The maximum Gasteiger partial charge on any atom is 0.248 e. The Labute approximate surface area is 147 Å². The molecule has 5 nitrogen and oxygen atoms in total. The van der Waals surface area contributed by atoms with Gasteiger partial charge >= 0.3 is 0 Å². The van der Waals surface area contributed by atoms with Crippen molar-refractivity contribution in [3.8, 4) is 0 Å². The number of fused-ring (bicyclic) bond motifs is 1. The molecule has 24 heavy (non-hydrogen) atoms. The molecule has 3 aromatic rings. The lowest BCUT2D eigenvalue weighted by molar-refractivity contribution is -0.115. The number of nitrogens with two attached hydrogens (primary N) is 1. The summed E-state index contributed by atoms with van der Waals surface area (Å²) in [6, 6.07) is 13.8. The maximum absolute atomic E-state index is 12.3. The van der Waals surface area contributed by atoms with Gasteiger partial charge in [0.05, 0.1) is 11.9 Å². The number of H-pyrrole nitrogens is 1. The molecule has 0 aliphatic heterocycles. The summed E-state index contributed by atoms with van der Waals surface area (Å²) in [5.74, 6) is -0.200.